The van der Waals surface area contributed by atoms with Crippen LogP contribution in [0, 0.1) is 0 Å². The van der Waals surface area contributed by atoms with E-state index in [9.17, 15) is 10.2 Å². The minimum Gasteiger partial charge on any atom is -0.504 e. The summed E-state index contributed by atoms with van der Waals surface area (Å²) in [5, 5.41) is 18.6. The highest BCUT2D eigenvalue weighted by Gasteiger charge is 2.10. The van der Waals surface area contributed by atoms with Gasteiger partial charge in [0.25, 0.3) is 0 Å². The van der Waals surface area contributed by atoms with E-state index in [1.807, 2.05) is 6.07 Å². The summed E-state index contributed by atoms with van der Waals surface area (Å²) in [6.45, 7) is 3.15. The van der Waals surface area contributed by atoms with Gasteiger partial charge in [0.05, 0.1) is 0 Å². The molecule has 1 aromatic carbocycles. The molecule has 0 bridgehead atoms. The maximum absolute atomic E-state index is 9.42. The summed E-state index contributed by atoms with van der Waals surface area (Å²) in [5.41, 5.74) is 1.07. The summed E-state index contributed by atoms with van der Waals surface area (Å²) in [5.74, 6) is -0.0630. The number of nitrogens with zero attached hydrogens (tertiary/aromatic N) is 1. The van der Waals surface area contributed by atoms with Gasteiger partial charge in [-0.25, -0.2) is 0 Å². The monoisotopic (exact) mass is 221 g/mol. The van der Waals surface area contributed by atoms with Crippen molar-refractivity contribution in [1.29, 1.82) is 0 Å². The van der Waals surface area contributed by atoms with Crippen LogP contribution in [0.25, 0.3) is 0 Å². The summed E-state index contributed by atoms with van der Waals surface area (Å²) in [6.07, 6.45) is 5.20. The Morgan fingerprint density at radius 2 is 1.62 bits per heavy atom. The molecule has 3 heteroatoms. The van der Waals surface area contributed by atoms with E-state index in [1.165, 1.54) is 25.7 Å². The minimum absolute atomic E-state index is 0.0210. The Balaban J connectivity index is 1.99. The van der Waals surface area contributed by atoms with Crippen LogP contribution >= 0.6 is 0 Å². The van der Waals surface area contributed by atoms with Crippen molar-refractivity contribution in [3.8, 4) is 11.5 Å². The number of hydrogen-bond acceptors (Lipinski definition) is 3. The van der Waals surface area contributed by atoms with Crippen LogP contribution in [0.4, 0.5) is 0 Å². The maximum Gasteiger partial charge on any atom is 0.157 e. The van der Waals surface area contributed by atoms with Crippen LogP contribution in [-0.2, 0) is 6.54 Å². The molecule has 0 aliphatic carbocycles. The van der Waals surface area contributed by atoms with Gasteiger partial charge < -0.3 is 10.2 Å². The summed E-state index contributed by atoms with van der Waals surface area (Å²) in [4.78, 5) is 2.42. The summed E-state index contributed by atoms with van der Waals surface area (Å²) >= 11 is 0. The predicted molar refractivity (Wildman–Crippen MR) is 63.5 cm³/mol. The minimum atomic E-state index is -0.0420. The lowest BCUT2D eigenvalue weighted by Crippen LogP contribution is -2.23. The molecule has 2 N–H and O–H groups in total. The molecule has 0 atom stereocenters. The van der Waals surface area contributed by atoms with Gasteiger partial charge in [0.15, 0.2) is 11.5 Å². The smallest absolute Gasteiger partial charge is 0.157 e. The van der Waals surface area contributed by atoms with Crippen LogP contribution in [-0.4, -0.2) is 28.2 Å². The first-order valence-electron chi connectivity index (χ1n) is 5.99. The quantitative estimate of drug-likeness (QED) is 0.754. The van der Waals surface area contributed by atoms with E-state index in [-0.39, 0.29) is 11.5 Å². The number of hydrogen-bond donors (Lipinski definition) is 2. The topological polar surface area (TPSA) is 43.7 Å². The number of phenolic OH excluding ortho intramolecular Hbond substituents is 2. The van der Waals surface area contributed by atoms with Crippen LogP contribution in [0.15, 0.2) is 18.2 Å². The lowest BCUT2D eigenvalue weighted by atomic mass is 10.2. The van der Waals surface area contributed by atoms with Crippen LogP contribution in [0.3, 0.4) is 0 Å². The van der Waals surface area contributed by atoms with Crippen molar-refractivity contribution in [3.05, 3.63) is 23.8 Å². The molecule has 3 nitrogen and oxygen atoms in total. The fourth-order valence-electron chi connectivity index (χ4n) is 2.22. The van der Waals surface area contributed by atoms with Gasteiger partial charge in [-0.05, 0) is 43.6 Å². The molecule has 1 aliphatic rings. The number of likely N-dealkylation sites (tertiary alicyclic amines) is 1. The van der Waals surface area contributed by atoms with Crippen molar-refractivity contribution in [3.63, 3.8) is 0 Å². The number of rotatable bonds is 2. The molecule has 0 amide bonds. The summed E-state index contributed by atoms with van der Waals surface area (Å²) in [6, 6.07) is 5.09. The zero-order valence-corrected chi connectivity index (χ0v) is 9.52. The van der Waals surface area contributed by atoms with Gasteiger partial charge in [-0.3, -0.25) is 4.90 Å². The van der Waals surface area contributed by atoms with Crippen molar-refractivity contribution in [2.24, 2.45) is 0 Å². The van der Waals surface area contributed by atoms with Gasteiger partial charge in [0.1, 0.15) is 0 Å². The van der Waals surface area contributed by atoms with Crippen LogP contribution in [0.5, 0.6) is 11.5 Å². The highest BCUT2D eigenvalue weighted by atomic mass is 16.3. The van der Waals surface area contributed by atoms with E-state index in [0.717, 1.165) is 25.2 Å². The molecule has 88 valence electrons. The first-order valence-corrected chi connectivity index (χ1v) is 5.99. The molecule has 2 rings (SSSR count). The molecule has 1 aromatic rings. The number of phenols is 2. The van der Waals surface area contributed by atoms with Crippen LogP contribution in [0.2, 0.25) is 0 Å². The second kappa shape index (κ2) is 5.21. The zero-order valence-electron chi connectivity index (χ0n) is 9.52. The Bertz CT molecular complexity index is 344. The van der Waals surface area contributed by atoms with Crippen molar-refractivity contribution in [1.82, 2.24) is 4.90 Å². The molecular weight excluding hydrogens is 202 g/mol. The highest BCUT2D eigenvalue weighted by molar-refractivity contribution is 5.40. The van der Waals surface area contributed by atoms with E-state index < -0.39 is 0 Å². The van der Waals surface area contributed by atoms with E-state index >= 15 is 0 Å². The second-order valence-electron chi connectivity index (χ2n) is 4.51. The molecule has 1 saturated heterocycles. The van der Waals surface area contributed by atoms with Gasteiger partial charge >= 0.3 is 0 Å². The normalized spacial score (nSPS) is 18.2. The Hall–Kier alpha value is -1.22. The molecule has 1 heterocycles. The van der Waals surface area contributed by atoms with Crippen LogP contribution in [0.1, 0.15) is 31.2 Å². The number of benzene rings is 1. The third kappa shape index (κ3) is 2.89. The molecule has 1 aliphatic heterocycles. The molecule has 0 radical (unpaired) electrons. The van der Waals surface area contributed by atoms with Gasteiger partial charge in [0, 0.05) is 6.54 Å². The summed E-state index contributed by atoms with van der Waals surface area (Å²) in [7, 11) is 0. The lowest BCUT2D eigenvalue weighted by molar-refractivity contribution is 0.276. The fraction of sp³-hybridized carbons (Fsp3) is 0.538. The van der Waals surface area contributed by atoms with E-state index in [0.29, 0.717) is 0 Å². The van der Waals surface area contributed by atoms with Crippen molar-refractivity contribution < 1.29 is 10.2 Å². The molecule has 16 heavy (non-hydrogen) atoms. The number of aromatic hydroxyl groups is 2. The van der Waals surface area contributed by atoms with E-state index in [2.05, 4.69) is 4.90 Å². The third-order valence-electron chi connectivity index (χ3n) is 3.14. The molecular formula is C13H19NO2. The predicted octanol–water partition coefficient (Wildman–Crippen LogP) is 2.47. The summed E-state index contributed by atoms with van der Waals surface area (Å²) < 4.78 is 0. The maximum atomic E-state index is 9.42. The van der Waals surface area contributed by atoms with Crippen molar-refractivity contribution in [2.45, 2.75) is 32.2 Å². The fourth-order valence-corrected chi connectivity index (χ4v) is 2.22. The Kier molecular flexibility index (Phi) is 3.67. The van der Waals surface area contributed by atoms with Gasteiger partial charge in [-0.2, -0.15) is 0 Å². The van der Waals surface area contributed by atoms with Crippen molar-refractivity contribution >= 4 is 0 Å². The largest absolute Gasteiger partial charge is 0.504 e. The molecule has 0 saturated carbocycles. The Morgan fingerprint density at radius 3 is 2.25 bits per heavy atom. The van der Waals surface area contributed by atoms with E-state index in [4.69, 9.17) is 0 Å². The second-order valence-corrected chi connectivity index (χ2v) is 4.51. The molecule has 0 spiro atoms. The third-order valence-corrected chi connectivity index (χ3v) is 3.14. The van der Waals surface area contributed by atoms with Gasteiger partial charge in [0.2, 0.25) is 0 Å². The van der Waals surface area contributed by atoms with Crippen LogP contribution < -0.4 is 0 Å². The zero-order chi connectivity index (χ0) is 11.4. The standard InChI is InChI=1S/C13H19NO2/c15-12-6-5-11(9-13(12)16)10-14-7-3-1-2-4-8-14/h5-6,9,15-16H,1-4,7-8,10H2. The first kappa shape index (κ1) is 11.3. The van der Waals surface area contributed by atoms with Gasteiger partial charge in [-0.1, -0.05) is 18.9 Å². The lowest BCUT2D eigenvalue weighted by Gasteiger charge is -2.19. The molecule has 0 unspecified atom stereocenters. The average molecular weight is 221 g/mol. The molecule has 0 aromatic heterocycles. The highest BCUT2D eigenvalue weighted by Crippen LogP contribution is 2.25. The molecule has 1 fully saturated rings. The average Bonchev–Trinajstić information content (AvgIpc) is 2.52. The Labute approximate surface area is 96.3 Å². The SMILES string of the molecule is Oc1ccc(CN2CCCCCC2)cc1O. The first-order chi connectivity index (χ1) is 7.75. The van der Waals surface area contributed by atoms with Crippen molar-refractivity contribution in [2.75, 3.05) is 13.1 Å². The van der Waals surface area contributed by atoms with Gasteiger partial charge in [-0.15, -0.1) is 0 Å². The van der Waals surface area contributed by atoms with E-state index in [1.54, 1.807) is 12.1 Å². The Morgan fingerprint density at radius 1 is 0.938 bits per heavy atom.